The fraction of sp³-hybridized carbons (Fsp3) is 0.450. The van der Waals surface area contributed by atoms with Gasteiger partial charge in [0.15, 0.2) is 0 Å². The van der Waals surface area contributed by atoms with Crippen molar-refractivity contribution < 1.29 is 4.79 Å². The average molecular weight is 343 g/mol. The smallest absolute Gasteiger partial charge is 0.237 e. The molecule has 2 atom stereocenters. The van der Waals surface area contributed by atoms with Crippen molar-refractivity contribution in [1.82, 2.24) is 9.80 Å². The first-order chi connectivity index (χ1) is 11.6. The SMILES string of the molecule is CCC1c2ccsc2CCN1CC(=O)N(C)C(C)c1ccccc1. The lowest BCUT2D eigenvalue weighted by atomic mass is 9.98. The number of likely N-dealkylation sites (N-methyl/N-ethyl adjacent to an activating group) is 1. The molecule has 0 radical (unpaired) electrons. The van der Waals surface area contributed by atoms with E-state index in [1.54, 1.807) is 0 Å². The number of carbonyl (C=O) groups excluding carboxylic acids is 1. The van der Waals surface area contributed by atoms with Gasteiger partial charge in [0.1, 0.15) is 0 Å². The molecule has 24 heavy (non-hydrogen) atoms. The first-order valence-electron chi connectivity index (χ1n) is 8.72. The Morgan fingerprint density at radius 3 is 2.79 bits per heavy atom. The van der Waals surface area contributed by atoms with Crippen molar-refractivity contribution in [2.75, 3.05) is 20.1 Å². The molecule has 2 heterocycles. The minimum absolute atomic E-state index is 0.0975. The van der Waals surface area contributed by atoms with Crippen molar-refractivity contribution >= 4 is 17.2 Å². The molecule has 3 rings (SSSR count). The minimum atomic E-state index is 0.0975. The summed E-state index contributed by atoms with van der Waals surface area (Å²) in [6.07, 6.45) is 2.11. The Bertz CT molecular complexity index is 682. The van der Waals surface area contributed by atoms with Crippen LogP contribution in [0.2, 0.25) is 0 Å². The second kappa shape index (κ2) is 7.49. The Kier molecular flexibility index (Phi) is 5.36. The van der Waals surface area contributed by atoms with Gasteiger partial charge >= 0.3 is 0 Å². The first-order valence-corrected chi connectivity index (χ1v) is 9.60. The van der Waals surface area contributed by atoms with Gasteiger partial charge in [-0.1, -0.05) is 37.3 Å². The summed E-state index contributed by atoms with van der Waals surface area (Å²) in [7, 11) is 1.92. The third kappa shape index (κ3) is 3.40. The van der Waals surface area contributed by atoms with E-state index in [1.807, 2.05) is 41.5 Å². The topological polar surface area (TPSA) is 23.6 Å². The van der Waals surface area contributed by atoms with Crippen molar-refractivity contribution in [2.24, 2.45) is 0 Å². The highest BCUT2D eigenvalue weighted by molar-refractivity contribution is 7.10. The number of thiophene rings is 1. The fourth-order valence-corrected chi connectivity index (χ4v) is 4.50. The van der Waals surface area contributed by atoms with Gasteiger partial charge in [-0.15, -0.1) is 11.3 Å². The Labute approximate surface area is 148 Å². The van der Waals surface area contributed by atoms with Crippen LogP contribution in [0.1, 0.15) is 48.4 Å². The zero-order valence-electron chi connectivity index (χ0n) is 14.7. The van der Waals surface area contributed by atoms with Crippen LogP contribution in [0, 0.1) is 0 Å². The van der Waals surface area contributed by atoms with Crippen molar-refractivity contribution in [2.45, 2.75) is 38.8 Å². The lowest BCUT2D eigenvalue weighted by molar-refractivity contribution is -0.133. The van der Waals surface area contributed by atoms with Gasteiger partial charge in [-0.3, -0.25) is 9.69 Å². The molecule has 128 valence electrons. The van der Waals surface area contributed by atoms with E-state index in [-0.39, 0.29) is 11.9 Å². The van der Waals surface area contributed by atoms with Crippen LogP contribution in [0.15, 0.2) is 41.8 Å². The first kappa shape index (κ1) is 17.2. The second-order valence-corrected chi connectivity index (χ2v) is 7.54. The van der Waals surface area contributed by atoms with Gasteiger partial charge in [0.25, 0.3) is 0 Å². The molecule has 1 aromatic heterocycles. The Morgan fingerprint density at radius 2 is 2.08 bits per heavy atom. The summed E-state index contributed by atoms with van der Waals surface area (Å²) >= 11 is 1.85. The van der Waals surface area contributed by atoms with E-state index in [1.165, 1.54) is 16.0 Å². The molecule has 1 aliphatic heterocycles. The molecular weight excluding hydrogens is 316 g/mol. The van der Waals surface area contributed by atoms with Crippen molar-refractivity contribution in [3.63, 3.8) is 0 Å². The van der Waals surface area contributed by atoms with Gasteiger partial charge in [-0.05, 0) is 42.3 Å². The number of hydrogen-bond acceptors (Lipinski definition) is 3. The van der Waals surface area contributed by atoms with E-state index in [0.717, 1.165) is 19.4 Å². The summed E-state index contributed by atoms with van der Waals surface area (Å²) in [5.74, 6) is 0.198. The van der Waals surface area contributed by atoms with E-state index in [2.05, 4.69) is 42.3 Å². The van der Waals surface area contributed by atoms with Gasteiger partial charge in [0, 0.05) is 24.5 Å². The van der Waals surface area contributed by atoms with Crippen LogP contribution in [0.5, 0.6) is 0 Å². The fourth-order valence-electron chi connectivity index (χ4n) is 3.57. The van der Waals surface area contributed by atoms with Crippen LogP contribution in [-0.4, -0.2) is 35.8 Å². The molecule has 0 N–H and O–H groups in total. The summed E-state index contributed by atoms with van der Waals surface area (Å²) < 4.78 is 0. The van der Waals surface area contributed by atoms with Gasteiger partial charge in [-0.2, -0.15) is 0 Å². The third-order valence-corrected chi connectivity index (χ3v) is 6.18. The third-order valence-electron chi connectivity index (χ3n) is 5.19. The van der Waals surface area contributed by atoms with Crippen molar-refractivity contribution in [3.8, 4) is 0 Å². The Hall–Kier alpha value is -1.65. The lowest BCUT2D eigenvalue weighted by Crippen LogP contribution is -2.43. The monoisotopic (exact) mass is 342 g/mol. The summed E-state index contributed by atoms with van der Waals surface area (Å²) in [6.45, 7) is 5.79. The molecule has 0 spiro atoms. The highest BCUT2D eigenvalue weighted by Gasteiger charge is 2.29. The van der Waals surface area contributed by atoms with E-state index >= 15 is 0 Å². The number of hydrogen-bond donors (Lipinski definition) is 0. The lowest BCUT2D eigenvalue weighted by Gasteiger charge is -2.36. The predicted molar refractivity (Wildman–Crippen MR) is 100 cm³/mol. The van der Waals surface area contributed by atoms with Crippen LogP contribution in [0.3, 0.4) is 0 Å². The van der Waals surface area contributed by atoms with Gasteiger partial charge in [0.2, 0.25) is 5.91 Å². The van der Waals surface area contributed by atoms with E-state index in [0.29, 0.717) is 12.6 Å². The van der Waals surface area contributed by atoms with Gasteiger partial charge < -0.3 is 4.90 Å². The molecule has 0 fully saturated rings. The Morgan fingerprint density at radius 1 is 1.33 bits per heavy atom. The highest BCUT2D eigenvalue weighted by atomic mass is 32.1. The Balaban J connectivity index is 1.68. The maximum absolute atomic E-state index is 12.8. The second-order valence-electron chi connectivity index (χ2n) is 6.53. The maximum Gasteiger partial charge on any atom is 0.237 e. The van der Waals surface area contributed by atoms with E-state index < -0.39 is 0 Å². The summed E-state index contributed by atoms with van der Waals surface area (Å²) in [6, 6.07) is 12.9. The summed E-state index contributed by atoms with van der Waals surface area (Å²) in [5, 5.41) is 2.18. The molecule has 0 bridgehead atoms. The average Bonchev–Trinajstić information content (AvgIpc) is 3.09. The molecule has 4 heteroatoms. The predicted octanol–water partition coefficient (Wildman–Crippen LogP) is 4.28. The quantitative estimate of drug-likeness (QED) is 0.810. The molecule has 0 saturated carbocycles. The zero-order chi connectivity index (χ0) is 17.1. The molecule has 1 amide bonds. The summed E-state index contributed by atoms with van der Waals surface area (Å²) in [5.41, 5.74) is 2.61. The van der Waals surface area contributed by atoms with Crippen LogP contribution in [0.4, 0.5) is 0 Å². The molecule has 1 aliphatic rings. The number of carbonyl (C=O) groups is 1. The number of rotatable bonds is 5. The largest absolute Gasteiger partial charge is 0.338 e. The zero-order valence-corrected chi connectivity index (χ0v) is 15.6. The standard InChI is InChI=1S/C20H26N2OS/c1-4-18-17-11-13-24-19(17)10-12-22(18)14-20(23)21(3)15(2)16-8-6-5-7-9-16/h5-9,11,13,15,18H,4,10,12,14H2,1-3H3. The number of nitrogens with zero attached hydrogens (tertiary/aromatic N) is 2. The number of fused-ring (bicyclic) bond motifs is 1. The number of benzene rings is 1. The normalized spacial score (nSPS) is 18.9. The van der Waals surface area contributed by atoms with Gasteiger partial charge in [-0.25, -0.2) is 0 Å². The highest BCUT2D eigenvalue weighted by Crippen LogP contribution is 2.35. The minimum Gasteiger partial charge on any atom is -0.338 e. The maximum atomic E-state index is 12.8. The van der Waals surface area contributed by atoms with Crippen LogP contribution >= 0.6 is 11.3 Å². The molecule has 0 saturated heterocycles. The molecule has 2 aromatic rings. The molecule has 3 nitrogen and oxygen atoms in total. The molecule has 1 aromatic carbocycles. The molecular formula is C20H26N2OS. The van der Waals surface area contributed by atoms with Crippen molar-refractivity contribution in [3.05, 3.63) is 57.8 Å². The van der Waals surface area contributed by atoms with Gasteiger partial charge in [0.05, 0.1) is 12.6 Å². The summed E-state index contributed by atoms with van der Waals surface area (Å²) in [4.78, 5) is 18.6. The van der Waals surface area contributed by atoms with Crippen LogP contribution < -0.4 is 0 Å². The van der Waals surface area contributed by atoms with Crippen LogP contribution in [-0.2, 0) is 11.2 Å². The van der Waals surface area contributed by atoms with E-state index in [9.17, 15) is 4.79 Å². The molecule has 0 aliphatic carbocycles. The van der Waals surface area contributed by atoms with E-state index in [4.69, 9.17) is 0 Å². The van der Waals surface area contributed by atoms with Crippen LogP contribution in [0.25, 0.3) is 0 Å². The van der Waals surface area contributed by atoms with Crippen molar-refractivity contribution in [1.29, 1.82) is 0 Å². The molecule has 2 unspecified atom stereocenters. The number of amides is 1.